The van der Waals surface area contributed by atoms with E-state index in [9.17, 15) is 19.7 Å². The van der Waals surface area contributed by atoms with Gasteiger partial charge < -0.3 is 4.90 Å². The van der Waals surface area contributed by atoms with Gasteiger partial charge in [-0.2, -0.15) is 0 Å². The molecule has 128 valence electrons. The average molecular weight is 331 g/mol. The SMILES string of the molecule is CC1CC(=O)N(c2ccc(N3CCCCCC3)c([N+](=O)[O-])c2)C1=O. The predicted molar refractivity (Wildman–Crippen MR) is 90.1 cm³/mol. The highest BCUT2D eigenvalue weighted by molar-refractivity contribution is 6.21. The first-order valence-electron chi connectivity index (χ1n) is 8.39. The summed E-state index contributed by atoms with van der Waals surface area (Å²) in [6, 6.07) is 4.66. The van der Waals surface area contributed by atoms with Gasteiger partial charge in [-0.3, -0.25) is 24.6 Å². The van der Waals surface area contributed by atoms with Gasteiger partial charge in [0.05, 0.1) is 10.6 Å². The number of hydrogen-bond acceptors (Lipinski definition) is 5. The van der Waals surface area contributed by atoms with Crippen molar-refractivity contribution in [1.29, 1.82) is 0 Å². The summed E-state index contributed by atoms with van der Waals surface area (Å²) in [5.74, 6) is -0.969. The van der Waals surface area contributed by atoms with Crippen molar-refractivity contribution in [2.24, 2.45) is 5.92 Å². The van der Waals surface area contributed by atoms with E-state index in [4.69, 9.17) is 0 Å². The normalized spacial score (nSPS) is 22.0. The lowest BCUT2D eigenvalue weighted by Crippen LogP contribution is -2.30. The first kappa shape index (κ1) is 16.4. The first-order valence-corrected chi connectivity index (χ1v) is 8.39. The van der Waals surface area contributed by atoms with Gasteiger partial charge in [-0.25, -0.2) is 0 Å². The Labute approximate surface area is 140 Å². The van der Waals surface area contributed by atoms with Crippen LogP contribution >= 0.6 is 0 Å². The topological polar surface area (TPSA) is 83.8 Å². The molecular weight excluding hydrogens is 310 g/mol. The highest BCUT2D eigenvalue weighted by atomic mass is 16.6. The van der Waals surface area contributed by atoms with Crippen LogP contribution in [0.3, 0.4) is 0 Å². The molecule has 1 aromatic rings. The molecule has 7 nitrogen and oxygen atoms in total. The minimum atomic E-state index is -0.432. The van der Waals surface area contributed by atoms with Crippen molar-refractivity contribution < 1.29 is 14.5 Å². The fourth-order valence-corrected chi connectivity index (χ4v) is 3.43. The van der Waals surface area contributed by atoms with E-state index in [2.05, 4.69) is 0 Å². The molecular formula is C17H21N3O4. The van der Waals surface area contributed by atoms with Crippen LogP contribution in [0.15, 0.2) is 18.2 Å². The first-order chi connectivity index (χ1) is 11.5. The van der Waals surface area contributed by atoms with Crippen molar-refractivity contribution in [3.8, 4) is 0 Å². The van der Waals surface area contributed by atoms with E-state index in [1.807, 2.05) is 4.90 Å². The minimum absolute atomic E-state index is 0.0467. The molecule has 2 amide bonds. The highest BCUT2D eigenvalue weighted by Crippen LogP contribution is 2.36. The van der Waals surface area contributed by atoms with E-state index in [1.54, 1.807) is 19.1 Å². The van der Waals surface area contributed by atoms with Gasteiger partial charge in [0.25, 0.3) is 5.69 Å². The van der Waals surface area contributed by atoms with E-state index in [0.717, 1.165) is 43.7 Å². The number of carbonyl (C=O) groups excluding carboxylic acids is 2. The summed E-state index contributed by atoms with van der Waals surface area (Å²) in [4.78, 5) is 38.4. The standard InChI is InChI=1S/C17H21N3O4/c1-12-10-16(21)19(17(12)22)13-6-7-14(15(11-13)20(23)24)18-8-4-2-3-5-9-18/h6-7,11-12H,2-5,8-10H2,1H3. The van der Waals surface area contributed by atoms with Crippen molar-refractivity contribution in [3.63, 3.8) is 0 Å². The molecule has 0 aliphatic carbocycles. The minimum Gasteiger partial charge on any atom is -0.366 e. The van der Waals surface area contributed by atoms with Crippen LogP contribution in [0.5, 0.6) is 0 Å². The van der Waals surface area contributed by atoms with Gasteiger partial charge in [-0.1, -0.05) is 19.8 Å². The number of nitro benzene ring substituents is 1. The number of nitrogens with zero attached hydrogens (tertiary/aromatic N) is 3. The summed E-state index contributed by atoms with van der Waals surface area (Å²) in [6.45, 7) is 3.28. The number of hydrogen-bond donors (Lipinski definition) is 0. The Kier molecular flexibility index (Phi) is 4.51. The molecule has 7 heteroatoms. The zero-order valence-electron chi connectivity index (χ0n) is 13.7. The number of anilines is 2. The summed E-state index contributed by atoms with van der Waals surface area (Å²) < 4.78 is 0. The Balaban J connectivity index is 1.97. The van der Waals surface area contributed by atoms with Crippen LogP contribution in [-0.2, 0) is 9.59 Å². The number of rotatable bonds is 3. The van der Waals surface area contributed by atoms with Gasteiger partial charge in [0.1, 0.15) is 5.69 Å². The second kappa shape index (κ2) is 6.59. The van der Waals surface area contributed by atoms with Crippen molar-refractivity contribution in [2.45, 2.75) is 39.0 Å². The largest absolute Gasteiger partial charge is 0.366 e. The molecule has 0 N–H and O–H groups in total. The zero-order valence-corrected chi connectivity index (χ0v) is 13.7. The second-order valence-corrected chi connectivity index (χ2v) is 6.50. The Bertz CT molecular complexity index is 680. The van der Waals surface area contributed by atoms with E-state index in [1.165, 1.54) is 6.07 Å². The molecule has 2 fully saturated rings. The molecule has 2 aliphatic heterocycles. The lowest BCUT2D eigenvalue weighted by molar-refractivity contribution is -0.384. The number of benzene rings is 1. The van der Waals surface area contributed by atoms with Crippen molar-refractivity contribution in [1.82, 2.24) is 0 Å². The van der Waals surface area contributed by atoms with Gasteiger partial charge in [-0.15, -0.1) is 0 Å². The maximum atomic E-state index is 12.2. The molecule has 1 unspecified atom stereocenters. The molecule has 0 aromatic heterocycles. The molecule has 2 aliphatic rings. The lowest BCUT2D eigenvalue weighted by Gasteiger charge is -2.23. The van der Waals surface area contributed by atoms with Gasteiger partial charge in [-0.05, 0) is 25.0 Å². The van der Waals surface area contributed by atoms with Gasteiger partial charge in [0, 0.05) is 31.5 Å². The third-order valence-corrected chi connectivity index (χ3v) is 4.73. The van der Waals surface area contributed by atoms with Crippen molar-refractivity contribution in [3.05, 3.63) is 28.3 Å². The maximum Gasteiger partial charge on any atom is 0.294 e. The third-order valence-electron chi connectivity index (χ3n) is 4.73. The molecule has 2 saturated heterocycles. The summed E-state index contributed by atoms with van der Waals surface area (Å²) in [5, 5.41) is 11.5. The van der Waals surface area contributed by atoms with E-state index in [-0.39, 0.29) is 29.8 Å². The summed E-state index contributed by atoms with van der Waals surface area (Å²) in [6.07, 6.45) is 4.45. The zero-order chi connectivity index (χ0) is 17.3. The Morgan fingerprint density at radius 3 is 2.33 bits per heavy atom. The van der Waals surface area contributed by atoms with Crippen LogP contribution in [0, 0.1) is 16.0 Å². The molecule has 24 heavy (non-hydrogen) atoms. The fourth-order valence-electron chi connectivity index (χ4n) is 3.43. The smallest absolute Gasteiger partial charge is 0.294 e. The number of carbonyl (C=O) groups is 2. The lowest BCUT2D eigenvalue weighted by atomic mass is 10.1. The molecule has 3 rings (SSSR count). The number of amides is 2. The summed E-state index contributed by atoms with van der Waals surface area (Å²) in [7, 11) is 0. The highest BCUT2D eigenvalue weighted by Gasteiger charge is 2.37. The van der Waals surface area contributed by atoms with Crippen LogP contribution < -0.4 is 9.80 Å². The van der Waals surface area contributed by atoms with Crippen LogP contribution in [0.25, 0.3) is 0 Å². The molecule has 2 heterocycles. The van der Waals surface area contributed by atoms with E-state index < -0.39 is 4.92 Å². The average Bonchev–Trinajstić information content (AvgIpc) is 2.76. The van der Waals surface area contributed by atoms with E-state index >= 15 is 0 Å². The molecule has 0 saturated carbocycles. The van der Waals surface area contributed by atoms with Crippen LogP contribution in [0.2, 0.25) is 0 Å². The Morgan fingerprint density at radius 1 is 1.12 bits per heavy atom. The van der Waals surface area contributed by atoms with Crippen molar-refractivity contribution in [2.75, 3.05) is 22.9 Å². The number of nitro groups is 1. The summed E-state index contributed by atoms with van der Waals surface area (Å²) in [5.41, 5.74) is 0.812. The molecule has 0 bridgehead atoms. The van der Waals surface area contributed by atoms with Gasteiger partial charge in [0.2, 0.25) is 11.8 Å². The molecule has 1 atom stereocenters. The second-order valence-electron chi connectivity index (χ2n) is 6.50. The Morgan fingerprint density at radius 2 is 1.79 bits per heavy atom. The van der Waals surface area contributed by atoms with Crippen molar-refractivity contribution >= 4 is 28.9 Å². The van der Waals surface area contributed by atoms with E-state index in [0.29, 0.717) is 11.4 Å². The monoisotopic (exact) mass is 331 g/mol. The fraction of sp³-hybridized carbons (Fsp3) is 0.529. The number of imide groups is 1. The molecule has 0 spiro atoms. The molecule has 0 radical (unpaired) electrons. The third kappa shape index (κ3) is 2.98. The molecule has 1 aromatic carbocycles. The van der Waals surface area contributed by atoms with Gasteiger partial charge >= 0.3 is 0 Å². The Hall–Kier alpha value is -2.44. The van der Waals surface area contributed by atoms with Crippen LogP contribution in [0.1, 0.15) is 39.0 Å². The van der Waals surface area contributed by atoms with Crippen LogP contribution in [0.4, 0.5) is 17.1 Å². The maximum absolute atomic E-state index is 12.2. The summed E-state index contributed by atoms with van der Waals surface area (Å²) >= 11 is 0. The van der Waals surface area contributed by atoms with Gasteiger partial charge in [0.15, 0.2) is 0 Å². The quantitative estimate of drug-likeness (QED) is 0.483. The predicted octanol–water partition coefficient (Wildman–Crippen LogP) is 2.87. The van der Waals surface area contributed by atoms with Crippen LogP contribution in [-0.4, -0.2) is 29.8 Å².